The Hall–Kier alpha value is -3.22. The molecule has 0 saturated carbocycles. The first-order valence-electron chi connectivity index (χ1n) is 8.01. The molecule has 26 heavy (non-hydrogen) atoms. The molecule has 0 aliphatic rings. The zero-order valence-corrected chi connectivity index (χ0v) is 14.0. The van der Waals surface area contributed by atoms with Crippen LogP contribution in [0.25, 0.3) is 0 Å². The minimum absolute atomic E-state index is 0.00981. The van der Waals surface area contributed by atoms with Crippen LogP contribution in [0.1, 0.15) is 28.8 Å². The number of hydrogen-bond acceptors (Lipinski definition) is 4. The van der Waals surface area contributed by atoms with Crippen molar-refractivity contribution in [2.24, 2.45) is 5.73 Å². The van der Waals surface area contributed by atoms with E-state index in [1.165, 1.54) is 12.1 Å². The van der Waals surface area contributed by atoms with Crippen LogP contribution in [0.5, 0.6) is 0 Å². The van der Waals surface area contributed by atoms with Gasteiger partial charge in [0.25, 0.3) is 5.91 Å². The van der Waals surface area contributed by atoms with E-state index in [9.17, 15) is 18.8 Å². The number of hydrogen-bond donors (Lipinski definition) is 2. The molecule has 2 amide bonds. The van der Waals surface area contributed by atoms with Crippen molar-refractivity contribution in [1.29, 1.82) is 0 Å². The van der Waals surface area contributed by atoms with E-state index in [-0.39, 0.29) is 25.0 Å². The molecular weight excluding hydrogens is 339 g/mol. The average molecular weight is 358 g/mol. The molecule has 2 rings (SSSR count). The lowest BCUT2D eigenvalue weighted by atomic mass is 10.1. The van der Waals surface area contributed by atoms with Crippen molar-refractivity contribution in [1.82, 2.24) is 5.32 Å². The van der Waals surface area contributed by atoms with E-state index in [0.717, 1.165) is 17.7 Å². The maximum Gasteiger partial charge on any atom is 0.328 e. The minimum atomic E-state index is -1.04. The van der Waals surface area contributed by atoms with Crippen molar-refractivity contribution < 1.29 is 23.5 Å². The lowest BCUT2D eigenvalue weighted by Crippen LogP contribution is -2.42. The van der Waals surface area contributed by atoms with Gasteiger partial charge in [-0.25, -0.2) is 9.18 Å². The molecule has 3 N–H and O–H groups in total. The third kappa shape index (κ3) is 6.01. The van der Waals surface area contributed by atoms with Crippen molar-refractivity contribution in [2.75, 3.05) is 0 Å². The highest BCUT2D eigenvalue weighted by Gasteiger charge is 2.23. The SMILES string of the molecule is NC(=O)CC[C@@H](NC(=O)c1ccc(F)cc1)C(=O)OCc1ccccc1. The molecule has 6 nitrogen and oxygen atoms in total. The molecule has 0 spiro atoms. The largest absolute Gasteiger partial charge is 0.459 e. The summed E-state index contributed by atoms with van der Waals surface area (Å²) >= 11 is 0. The molecule has 0 aliphatic carbocycles. The van der Waals surface area contributed by atoms with E-state index < -0.39 is 29.6 Å². The molecule has 2 aromatic rings. The summed E-state index contributed by atoms with van der Waals surface area (Å²) in [6, 6.07) is 12.9. The number of ether oxygens (including phenoxy) is 1. The molecule has 0 fully saturated rings. The van der Waals surface area contributed by atoms with Crippen molar-refractivity contribution in [3.63, 3.8) is 0 Å². The lowest BCUT2D eigenvalue weighted by Gasteiger charge is -2.17. The number of nitrogens with two attached hydrogens (primary N) is 1. The Bertz CT molecular complexity index is 763. The first kappa shape index (κ1) is 19.1. The highest BCUT2D eigenvalue weighted by molar-refractivity contribution is 5.96. The second-order valence-electron chi connectivity index (χ2n) is 5.63. The van der Waals surface area contributed by atoms with Crippen LogP contribution >= 0.6 is 0 Å². The number of rotatable bonds is 8. The predicted octanol–water partition coefficient (Wildman–Crippen LogP) is 1.93. The normalized spacial score (nSPS) is 11.4. The van der Waals surface area contributed by atoms with Gasteiger partial charge in [0.05, 0.1) is 0 Å². The van der Waals surface area contributed by atoms with Crippen LogP contribution in [0.15, 0.2) is 54.6 Å². The van der Waals surface area contributed by atoms with Gasteiger partial charge in [-0.15, -0.1) is 0 Å². The van der Waals surface area contributed by atoms with Crippen molar-refractivity contribution in [2.45, 2.75) is 25.5 Å². The molecule has 7 heteroatoms. The van der Waals surface area contributed by atoms with Crippen LogP contribution in [-0.4, -0.2) is 23.8 Å². The Morgan fingerprint density at radius 3 is 2.31 bits per heavy atom. The Kier molecular flexibility index (Phi) is 6.84. The van der Waals surface area contributed by atoms with Gasteiger partial charge in [0.15, 0.2) is 0 Å². The number of amides is 2. The summed E-state index contributed by atoms with van der Waals surface area (Å²) in [4.78, 5) is 35.5. The second-order valence-corrected chi connectivity index (χ2v) is 5.63. The Morgan fingerprint density at radius 1 is 1.04 bits per heavy atom. The van der Waals surface area contributed by atoms with Gasteiger partial charge in [-0.05, 0) is 36.2 Å². The molecular formula is C19H19FN2O4. The zero-order chi connectivity index (χ0) is 18.9. The van der Waals surface area contributed by atoms with Gasteiger partial charge in [-0.1, -0.05) is 30.3 Å². The standard InChI is InChI=1S/C19H19FN2O4/c20-15-8-6-14(7-9-15)18(24)22-16(10-11-17(21)23)19(25)26-12-13-4-2-1-3-5-13/h1-9,16H,10-12H2,(H2,21,23)(H,22,24)/t16-/m1/s1. The fourth-order valence-corrected chi connectivity index (χ4v) is 2.21. The number of halogens is 1. The fraction of sp³-hybridized carbons (Fsp3) is 0.211. The van der Waals surface area contributed by atoms with Crippen molar-refractivity contribution in [3.8, 4) is 0 Å². The summed E-state index contributed by atoms with van der Waals surface area (Å²) in [6.45, 7) is 0.0408. The Morgan fingerprint density at radius 2 is 1.69 bits per heavy atom. The highest BCUT2D eigenvalue weighted by atomic mass is 19.1. The highest BCUT2D eigenvalue weighted by Crippen LogP contribution is 2.08. The first-order valence-corrected chi connectivity index (χ1v) is 8.01. The predicted molar refractivity (Wildman–Crippen MR) is 92.3 cm³/mol. The fourth-order valence-electron chi connectivity index (χ4n) is 2.21. The molecule has 0 aromatic heterocycles. The quantitative estimate of drug-likeness (QED) is 0.705. The summed E-state index contributed by atoms with van der Waals surface area (Å²) in [5.41, 5.74) is 6.10. The molecule has 0 radical (unpaired) electrons. The van der Waals surface area contributed by atoms with Crippen LogP contribution in [0.4, 0.5) is 4.39 Å². The third-order valence-electron chi connectivity index (χ3n) is 3.60. The number of esters is 1. The van der Waals surface area contributed by atoms with Crippen molar-refractivity contribution >= 4 is 17.8 Å². The van der Waals surface area contributed by atoms with E-state index in [2.05, 4.69) is 5.32 Å². The number of carbonyl (C=O) groups excluding carboxylic acids is 3. The summed E-state index contributed by atoms with van der Waals surface area (Å²) in [6.07, 6.45) is -0.0787. The van der Waals surface area contributed by atoms with Gasteiger partial charge in [-0.3, -0.25) is 9.59 Å². The van der Waals surface area contributed by atoms with Gasteiger partial charge in [0.1, 0.15) is 18.5 Å². The van der Waals surface area contributed by atoms with Gasteiger partial charge >= 0.3 is 5.97 Å². The summed E-state index contributed by atoms with van der Waals surface area (Å²) in [5, 5.41) is 2.50. The molecule has 1 atom stereocenters. The Balaban J connectivity index is 2.01. The Labute approximate surface area is 150 Å². The number of primary amides is 1. The molecule has 0 unspecified atom stereocenters. The first-order chi connectivity index (χ1) is 12.5. The van der Waals surface area contributed by atoms with Gasteiger partial charge in [-0.2, -0.15) is 0 Å². The second kappa shape index (κ2) is 9.31. The van der Waals surface area contributed by atoms with Gasteiger partial charge < -0.3 is 15.8 Å². The van der Waals surface area contributed by atoms with Crippen LogP contribution in [-0.2, 0) is 20.9 Å². The van der Waals surface area contributed by atoms with Crippen LogP contribution in [0, 0.1) is 5.82 Å². The number of benzene rings is 2. The maximum atomic E-state index is 13.0. The van der Waals surface area contributed by atoms with E-state index >= 15 is 0 Å². The number of carbonyl (C=O) groups is 3. The van der Waals surface area contributed by atoms with E-state index in [0.29, 0.717) is 0 Å². The van der Waals surface area contributed by atoms with E-state index in [1.54, 1.807) is 12.1 Å². The topological polar surface area (TPSA) is 98.5 Å². The summed E-state index contributed by atoms with van der Waals surface area (Å²) in [7, 11) is 0. The monoisotopic (exact) mass is 358 g/mol. The summed E-state index contributed by atoms with van der Waals surface area (Å²) < 4.78 is 18.2. The average Bonchev–Trinajstić information content (AvgIpc) is 2.64. The van der Waals surface area contributed by atoms with E-state index in [1.807, 2.05) is 18.2 Å². The molecule has 2 aromatic carbocycles. The minimum Gasteiger partial charge on any atom is -0.459 e. The van der Waals surface area contributed by atoms with Crippen LogP contribution in [0.3, 0.4) is 0 Å². The van der Waals surface area contributed by atoms with Crippen LogP contribution < -0.4 is 11.1 Å². The molecule has 136 valence electrons. The molecule has 0 saturated heterocycles. The zero-order valence-electron chi connectivity index (χ0n) is 14.0. The number of nitrogens with one attached hydrogen (secondary N) is 1. The molecule has 0 aliphatic heterocycles. The van der Waals surface area contributed by atoms with Gasteiger partial charge in [0.2, 0.25) is 5.91 Å². The summed E-state index contributed by atoms with van der Waals surface area (Å²) in [5.74, 6) is -2.32. The van der Waals surface area contributed by atoms with Crippen molar-refractivity contribution in [3.05, 3.63) is 71.5 Å². The molecule has 0 bridgehead atoms. The smallest absolute Gasteiger partial charge is 0.328 e. The lowest BCUT2D eigenvalue weighted by molar-refractivity contribution is -0.147. The van der Waals surface area contributed by atoms with Crippen LogP contribution in [0.2, 0.25) is 0 Å². The van der Waals surface area contributed by atoms with E-state index in [4.69, 9.17) is 10.5 Å². The third-order valence-corrected chi connectivity index (χ3v) is 3.60. The maximum absolute atomic E-state index is 13.0. The molecule has 0 heterocycles. The van der Waals surface area contributed by atoms with Gasteiger partial charge in [0, 0.05) is 12.0 Å².